The molecule has 3 rings (SSSR count). The predicted octanol–water partition coefficient (Wildman–Crippen LogP) is 4.32. The first-order valence-corrected chi connectivity index (χ1v) is 9.76. The van der Waals surface area contributed by atoms with E-state index in [1.807, 2.05) is 43.3 Å². The number of carbonyl (C=O) groups is 2. The molecule has 2 aromatic rings. The van der Waals surface area contributed by atoms with Crippen molar-refractivity contribution in [3.63, 3.8) is 0 Å². The summed E-state index contributed by atoms with van der Waals surface area (Å²) in [6, 6.07) is 11.3. The SMILES string of the molecule is CCc1cc(Br)cc(C)c1NC(=O)[C@@H]1CC(=O)N(c2ccc(OC)cc2)C1. The highest BCUT2D eigenvalue weighted by Gasteiger charge is 2.35. The first-order chi connectivity index (χ1) is 12.9. The van der Waals surface area contributed by atoms with Gasteiger partial charge in [0.15, 0.2) is 0 Å². The van der Waals surface area contributed by atoms with Crippen molar-refractivity contribution in [2.75, 3.05) is 23.9 Å². The summed E-state index contributed by atoms with van der Waals surface area (Å²) in [5.74, 6) is 0.216. The molecule has 0 unspecified atom stereocenters. The second-order valence-corrected chi connectivity index (χ2v) is 7.62. The lowest BCUT2D eigenvalue weighted by atomic mass is 10.0. The Balaban J connectivity index is 1.74. The third-order valence-corrected chi connectivity index (χ3v) is 5.35. The van der Waals surface area contributed by atoms with Crippen LogP contribution in [-0.2, 0) is 16.0 Å². The zero-order valence-electron chi connectivity index (χ0n) is 15.7. The number of hydrogen-bond acceptors (Lipinski definition) is 3. The number of anilines is 2. The zero-order valence-corrected chi connectivity index (χ0v) is 17.3. The summed E-state index contributed by atoms with van der Waals surface area (Å²) in [5, 5.41) is 3.05. The van der Waals surface area contributed by atoms with Gasteiger partial charge in [0.1, 0.15) is 5.75 Å². The largest absolute Gasteiger partial charge is 0.497 e. The van der Waals surface area contributed by atoms with Gasteiger partial charge >= 0.3 is 0 Å². The minimum atomic E-state index is -0.368. The molecule has 0 spiro atoms. The van der Waals surface area contributed by atoms with Crippen LogP contribution in [0.2, 0.25) is 0 Å². The van der Waals surface area contributed by atoms with Crippen LogP contribution in [0.5, 0.6) is 5.75 Å². The number of benzene rings is 2. The number of ether oxygens (including phenoxy) is 1. The van der Waals surface area contributed by atoms with E-state index in [0.29, 0.717) is 6.54 Å². The minimum absolute atomic E-state index is 0.0384. The Bertz CT molecular complexity index is 864. The number of nitrogens with one attached hydrogen (secondary N) is 1. The molecule has 1 fully saturated rings. The van der Waals surface area contributed by atoms with Gasteiger partial charge in [-0.05, 0) is 60.9 Å². The third kappa shape index (κ3) is 4.16. The van der Waals surface area contributed by atoms with Crippen LogP contribution in [0.25, 0.3) is 0 Å². The van der Waals surface area contributed by atoms with E-state index in [1.165, 1.54) is 0 Å². The van der Waals surface area contributed by atoms with Gasteiger partial charge in [-0.25, -0.2) is 0 Å². The van der Waals surface area contributed by atoms with Gasteiger partial charge in [0.2, 0.25) is 11.8 Å². The average molecular weight is 431 g/mol. The fraction of sp³-hybridized carbons (Fsp3) is 0.333. The van der Waals surface area contributed by atoms with E-state index in [1.54, 1.807) is 12.0 Å². The number of hydrogen-bond donors (Lipinski definition) is 1. The number of halogens is 1. The molecule has 1 heterocycles. The highest BCUT2D eigenvalue weighted by Crippen LogP contribution is 2.30. The summed E-state index contributed by atoms with van der Waals surface area (Å²) in [5.41, 5.74) is 3.71. The summed E-state index contributed by atoms with van der Waals surface area (Å²) in [7, 11) is 1.60. The lowest BCUT2D eigenvalue weighted by Crippen LogP contribution is -2.28. The van der Waals surface area contributed by atoms with Gasteiger partial charge in [0.25, 0.3) is 0 Å². The predicted molar refractivity (Wildman–Crippen MR) is 110 cm³/mol. The zero-order chi connectivity index (χ0) is 19.6. The Morgan fingerprint density at radius 1 is 1.30 bits per heavy atom. The number of aryl methyl sites for hydroxylation is 2. The lowest BCUT2D eigenvalue weighted by Gasteiger charge is -2.18. The van der Waals surface area contributed by atoms with Gasteiger partial charge < -0.3 is 15.0 Å². The maximum Gasteiger partial charge on any atom is 0.229 e. The molecule has 1 aliphatic rings. The van der Waals surface area contributed by atoms with Crippen LogP contribution < -0.4 is 15.0 Å². The number of methoxy groups -OCH3 is 1. The van der Waals surface area contributed by atoms with Gasteiger partial charge in [-0.1, -0.05) is 22.9 Å². The number of amides is 2. The molecule has 1 saturated heterocycles. The van der Waals surface area contributed by atoms with Gasteiger partial charge in [-0.15, -0.1) is 0 Å². The van der Waals surface area contributed by atoms with E-state index >= 15 is 0 Å². The van der Waals surface area contributed by atoms with E-state index < -0.39 is 0 Å². The molecule has 0 bridgehead atoms. The van der Waals surface area contributed by atoms with Crippen molar-refractivity contribution in [2.24, 2.45) is 5.92 Å². The molecule has 1 atom stereocenters. The van der Waals surface area contributed by atoms with Crippen LogP contribution in [0, 0.1) is 12.8 Å². The fourth-order valence-corrected chi connectivity index (χ4v) is 4.01. The molecule has 0 aromatic heterocycles. The van der Waals surface area contributed by atoms with Crippen LogP contribution in [0.1, 0.15) is 24.5 Å². The van der Waals surface area contributed by atoms with E-state index in [9.17, 15) is 9.59 Å². The smallest absolute Gasteiger partial charge is 0.229 e. The lowest BCUT2D eigenvalue weighted by molar-refractivity contribution is -0.122. The second kappa shape index (κ2) is 8.13. The van der Waals surface area contributed by atoms with Crippen molar-refractivity contribution in [1.82, 2.24) is 0 Å². The van der Waals surface area contributed by atoms with Gasteiger partial charge in [0, 0.05) is 28.8 Å². The summed E-state index contributed by atoms with van der Waals surface area (Å²) in [6.07, 6.45) is 1.03. The van der Waals surface area contributed by atoms with Crippen LogP contribution in [-0.4, -0.2) is 25.5 Å². The molecule has 5 nitrogen and oxygen atoms in total. The molecule has 2 aromatic carbocycles. The fourth-order valence-electron chi connectivity index (χ4n) is 3.39. The molecule has 6 heteroatoms. The molecule has 1 aliphatic heterocycles. The summed E-state index contributed by atoms with van der Waals surface area (Å²) in [6.45, 7) is 4.42. The van der Waals surface area contributed by atoms with Gasteiger partial charge in [0.05, 0.1) is 13.0 Å². The maximum atomic E-state index is 12.8. The third-order valence-electron chi connectivity index (χ3n) is 4.89. The Morgan fingerprint density at radius 3 is 2.63 bits per heavy atom. The topological polar surface area (TPSA) is 58.6 Å². The van der Waals surface area contributed by atoms with Crippen molar-refractivity contribution >= 4 is 39.1 Å². The Labute approximate surface area is 167 Å². The Morgan fingerprint density at radius 2 is 2.00 bits per heavy atom. The molecule has 0 aliphatic carbocycles. The van der Waals surface area contributed by atoms with Gasteiger partial charge in [-0.3, -0.25) is 9.59 Å². The van der Waals surface area contributed by atoms with E-state index in [0.717, 1.165) is 39.1 Å². The van der Waals surface area contributed by atoms with Crippen molar-refractivity contribution in [1.29, 1.82) is 0 Å². The monoisotopic (exact) mass is 430 g/mol. The Hall–Kier alpha value is -2.34. The van der Waals surface area contributed by atoms with E-state index in [-0.39, 0.29) is 24.2 Å². The molecular weight excluding hydrogens is 408 g/mol. The molecule has 0 radical (unpaired) electrons. The molecule has 1 N–H and O–H groups in total. The van der Waals surface area contributed by atoms with E-state index in [4.69, 9.17) is 4.74 Å². The number of carbonyl (C=O) groups excluding carboxylic acids is 2. The van der Waals surface area contributed by atoms with Crippen molar-refractivity contribution in [2.45, 2.75) is 26.7 Å². The number of rotatable bonds is 5. The summed E-state index contributed by atoms with van der Waals surface area (Å²) in [4.78, 5) is 26.9. The molecule has 27 heavy (non-hydrogen) atoms. The van der Waals surface area contributed by atoms with Crippen molar-refractivity contribution < 1.29 is 14.3 Å². The molecule has 2 amide bonds. The van der Waals surface area contributed by atoms with Crippen molar-refractivity contribution in [3.05, 3.63) is 52.0 Å². The quantitative estimate of drug-likeness (QED) is 0.767. The summed E-state index contributed by atoms with van der Waals surface area (Å²) >= 11 is 3.50. The standard InChI is InChI=1S/C21H23BrN2O3/c1-4-14-10-16(22)9-13(2)20(14)23-21(26)15-11-19(25)24(12-15)17-5-7-18(27-3)8-6-17/h5-10,15H,4,11-12H2,1-3H3,(H,23,26)/t15-/m1/s1. The van der Waals surface area contributed by atoms with Crippen LogP contribution in [0.3, 0.4) is 0 Å². The molecule has 0 saturated carbocycles. The number of nitrogens with zero attached hydrogens (tertiary/aromatic N) is 1. The normalized spacial score (nSPS) is 16.5. The maximum absolute atomic E-state index is 12.8. The van der Waals surface area contributed by atoms with Crippen LogP contribution in [0.15, 0.2) is 40.9 Å². The highest BCUT2D eigenvalue weighted by molar-refractivity contribution is 9.10. The first kappa shape index (κ1) is 19.4. The molecular formula is C21H23BrN2O3. The van der Waals surface area contributed by atoms with Crippen molar-refractivity contribution in [3.8, 4) is 5.75 Å². The average Bonchev–Trinajstić information content (AvgIpc) is 3.05. The minimum Gasteiger partial charge on any atom is -0.497 e. The summed E-state index contributed by atoms with van der Waals surface area (Å²) < 4.78 is 6.15. The molecule has 142 valence electrons. The van der Waals surface area contributed by atoms with E-state index in [2.05, 4.69) is 28.2 Å². The first-order valence-electron chi connectivity index (χ1n) is 8.97. The second-order valence-electron chi connectivity index (χ2n) is 6.70. The highest BCUT2D eigenvalue weighted by atomic mass is 79.9. The van der Waals surface area contributed by atoms with Gasteiger partial charge in [-0.2, -0.15) is 0 Å². The van der Waals surface area contributed by atoms with Crippen LogP contribution >= 0.6 is 15.9 Å². The van der Waals surface area contributed by atoms with Crippen LogP contribution in [0.4, 0.5) is 11.4 Å². The Kier molecular flexibility index (Phi) is 5.85.